The predicted octanol–water partition coefficient (Wildman–Crippen LogP) is 4.18. The van der Waals surface area contributed by atoms with Gasteiger partial charge in [0.05, 0.1) is 16.9 Å². The van der Waals surface area contributed by atoms with Crippen LogP contribution in [-0.4, -0.2) is 9.55 Å². The average Bonchev–Trinajstić information content (AvgIpc) is 2.92. The van der Waals surface area contributed by atoms with Gasteiger partial charge in [-0.05, 0) is 59.0 Å². The molecule has 1 saturated carbocycles. The summed E-state index contributed by atoms with van der Waals surface area (Å²) in [6.07, 6.45) is 2.64. The minimum absolute atomic E-state index is 0.470. The van der Waals surface area contributed by atoms with Crippen molar-refractivity contribution in [2.24, 2.45) is 5.41 Å². The number of imidazole rings is 1. The molecule has 0 aliphatic heterocycles. The molecule has 0 amide bonds. The second-order valence-electron chi connectivity index (χ2n) is 5.19. The van der Waals surface area contributed by atoms with E-state index in [0.29, 0.717) is 11.3 Å². The SMILES string of the molecule is CC1(Cn2c(CCl)nc3cc(I)ccc32)CC1. The third-order valence-electron chi connectivity index (χ3n) is 3.55. The summed E-state index contributed by atoms with van der Waals surface area (Å²) in [6, 6.07) is 6.41. The van der Waals surface area contributed by atoms with Crippen LogP contribution in [0, 0.1) is 8.99 Å². The van der Waals surface area contributed by atoms with Gasteiger partial charge in [-0.1, -0.05) is 6.92 Å². The molecule has 1 aliphatic rings. The van der Waals surface area contributed by atoms with Gasteiger partial charge in [0.15, 0.2) is 0 Å². The molecule has 1 aliphatic carbocycles. The molecule has 0 N–H and O–H groups in total. The summed E-state index contributed by atoms with van der Waals surface area (Å²) in [6.45, 7) is 3.38. The molecule has 3 rings (SSSR count). The van der Waals surface area contributed by atoms with E-state index in [4.69, 9.17) is 11.6 Å². The summed E-state index contributed by atoms with van der Waals surface area (Å²) in [4.78, 5) is 4.63. The second kappa shape index (κ2) is 4.12. The molecule has 4 heteroatoms. The minimum atomic E-state index is 0.470. The molecular weight excluding hydrogens is 347 g/mol. The van der Waals surface area contributed by atoms with Crippen molar-refractivity contribution in [2.75, 3.05) is 0 Å². The van der Waals surface area contributed by atoms with E-state index in [1.54, 1.807) is 0 Å². The maximum absolute atomic E-state index is 6.01. The summed E-state index contributed by atoms with van der Waals surface area (Å²) in [5, 5.41) is 0. The fourth-order valence-corrected chi connectivity index (χ4v) is 2.86. The minimum Gasteiger partial charge on any atom is -0.326 e. The smallest absolute Gasteiger partial charge is 0.124 e. The molecule has 90 valence electrons. The van der Waals surface area contributed by atoms with Crippen molar-refractivity contribution in [1.29, 1.82) is 0 Å². The summed E-state index contributed by atoms with van der Waals surface area (Å²) < 4.78 is 3.52. The zero-order valence-corrected chi connectivity index (χ0v) is 12.6. The molecule has 0 bridgehead atoms. The molecule has 17 heavy (non-hydrogen) atoms. The Balaban J connectivity index is 2.12. The van der Waals surface area contributed by atoms with Gasteiger partial charge in [-0.2, -0.15) is 0 Å². The third-order valence-corrected chi connectivity index (χ3v) is 4.46. The van der Waals surface area contributed by atoms with Crippen LogP contribution in [0.5, 0.6) is 0 Å². The largest absolute Gasteiger partial charge is 0.326 e. The molecule has 1 heterocycles. The Kier molecular flexibility index (Phi) is 2.86. The van der Waals surface area contributed by atoms with Gasteiger partial charge in [0.25, 0.3) is 0 Å². The van der Waals surface area contributed by atoms with Crippen molar-refractivity contribution in [1.82, 2.24) is 9.55 Å². The number of rotatable bonds is 3. The highest BCUT2D eigenvalue weighted by molar-refractivity contribution is 14.1. The van der Waals surface area contributed by atoms with Crippen molar-refractivity contribution >= 4 is 45.2 Å². The molecule has 1 aromatic heterocycles. The van der Waals surface area contributed by atoms with Gasteiger partial charge in [0, 0.05) is 10.1 Å². The predicted molar refractivity (Wildman–Crippen MR) is 79.3 cm³/mol. The highest BCUT2D eigenvalue weighted by Crippen LogP contribution is 2.47. The Morgan fingerprint density at radius 1 is 1.47 bits per heavy atom. The number of fused-ring (bicyclic) bond motifs is 1. The van der Waals surface area contributed by atoms with E-state index in [1.165, 1.54) is 21.9 Å². The first kappa shape index (κ1) is 11.8. The highest BCUT2D eigenvalue weighted by atomic mass is 127. The summed E-state index contributed by atoms with van der Waals surface area (Å²) in [5.74, 6) is 1.48. The van der Waals surface area contributed by atoms with Crippen LogP contribution in [0.3, 0.4) is 0 Å². The van der Waals surface area contributed by atoms with Gasteiger partial charge in [-0.25, -0.2) is 4.98 Å². The Morgan fingerprint density at radius 2 is 2.24 bits per heavy atom. The van der Waals surface area contributed by atoms with Gasteiger partial charge in [-0.15, -0.1) is 11.6 Å². The Hall–Kier alpha value is -0.290. The lowest BCUT2D eigenvalue weighted by Crippen LogP contribution is -2.10. The van der Waals surface area contributed by atoms with Crippen molar-refractivity contribution in [3.63, 3.8) is 0 Å². The Labute approximate surface area is 120 Å². The van der Waals surface area contributed by atoms with Crippen molar-refractivity contribution in [3.8, 4) is 0 Å². The van der Waals surface area contributed by atoms with Crippen LogP contribution in [0.2, 0.25) is 0 Å². The van der Waals surface area contributed by atoms with Gasteiger partial charge >= 0.3 is 0 Å². The molecule has 0 unspecified atom stereocenters. The quantitative estimate of drug-likeness (QED) is 0.593. The van der Waals surface area contributed by atoms with E-state index in [9.17, 15) is 0 Å². The number of hydrogen-bond donors (Lipinski definition) is 0. The van der Waals surface area contributed by atoms with Crippen LogP contribution in [-0.2, 0) is 12.4 Å². The second-order valence-corrected chi connectivity index (χ2v) is 6.70. The molecule has 0 spiro atoms. The van der Waals surface area contributed by atoms with E-state index in [0.717, 1.165) is 17.9 Å². The van der Waals surface area contributed by atoms with E-state index in [1.807, 2.05) is 0 Å². The van der Waals surface area contributed by atoms with Gasteiger partial charge < -0.3 is 4.57 Å². The molecule has 2 nitrogen and oxygen atoms in total. The van der Waals surface area contributed by atoms with Crippen molar-refractivity contribution in [3.05, 3.63) is 27.6 Å². The molecule has 0 saturated heterocycles. The van der Waals surface area contributed by atoms with Crippen LogP contribution < -0.4 is 0 Å². The van der Waals surface area contributed by atoms with Gasteiger partial charge in [0.1, 0.15) is 5.82 Å². The highest BCUT2D eigenvalue weighted by Gasteiger charge is 2.38. The van der Waals surface area contributed by atoms with E-state index in [2.05, 4.69) is 57.3 Å². The lowest BCUT2D eigenvalue weighted by molar-refractivity contribution is 0.465. The number of hydrogen-bond acceptors (Lipinski definition) is 1. The topological polar surface area (TPSA) is 17.8 Å². The first-order valence-corrected chi connectivity index (χ1v) is 7.43. The Bertz CT molecular complexity index is 572. The summed E-state index contributed by atoms with van der Waals surface area (Å²) >= 11 is 8.33. The van der Waals surface area contributed by atoms with Gasteiger partial charge in [-0.3, -0.25) is 0 Å². The normalized spacial score (nSPS) is 17.6. The Morgan fingerprint density at radius 3 is 2.88 bits per heavy atom. The molecule has 0 atom stereocenters. The number of nitrogens with zero attached hydrogens (tertiary/aromatic N) is 2. The van der Waals surface area contributed by atoms with Gasteiger partial charge in [0.2, 0.25) is 0 Å². The van der Waals surface area contributed by atoms with Crippen LogP contribution in [0.25, 0.3) is 11.0 Å². The zero-order chi connectivity index (χ0) is 12.0. The first-order chi connectivity index (χ1) is 8.11. The standard InChI is InChI=1S/C13H14ClIN2/c1-13(4-5-13)8-17-11-3-2-9(15)6-10(11)16-12(17)7-14/h2-3,6H,4-5,7-8H2,1H3. The van der Waals surface area contributed by atoms with Crippen LogP contribution >= 0.6 is 34.2 Å². The van der Waals surface area contributed by atoms with Crippen molar-refractivity contribution < 1.29 is 0 Å². The number of benzene rings is 1. The molecular formula is C13H14ClIN2. The van der Waals surface area contributed by atoms with E-state index >= 15 is 0 Å². The molecule has 0 radical (unpaired) electrons. The summed E-state index contributed by atoms with van der Waals surface area (Å²) in [7, 11) is 0. The zero-order valence-electron chi connectivity index (χ0n) is 9.71. The molecule has 2 aromatic rings. The number of aromatic nitrogens is 2. The third kappa shape index (κ3) is 2.19. The first-order valence-electron chi connectivity index (χ1n) is 5.82. The van der Waals surface area contributed by atoms with Crippen molar-refractivity contribution in [2.45, 2.75) is 32.2 Å². The van der Waals surface area contributed by atoms with Crippen LogP contribution in [0.15, 0.2) is 18.2 Å². The maximum atomic E-state index is 6.01. The fraction of sp³-hybridized carbons (Fsp3) is 0.462. The van der Waals surface area contributed by atoms with E-state index in [-0.39, 0.29) is 0 Å². The molecule has 1 fully saturated rings. The summed E-state index contributed by atoms with van der Waals surface area (Å²) in [5.41, 5.74) is 2.75. The fourth-order valence-electron chi connectivity index (χ4n) is 2.18. The average molecular weight is 361 g/mol. The van der Waals surface area contributed by atoms with Crippen LogP contribution in [0.4, 0.5) is 0 Å². The van der Waals surface area contributed by atoms with E-state index < -0.39 is 0 Å². The lowest BCUT2D eigenvalue weighted by Gasteiger charge is -2.12. The number of halogens is 2. The molecule has 1 aromatic carbocycles. The number of alkyl halides is 1. The monoisotopic (exact) mass is 360 g/mol. The van der Waals surface area contributed by atoms with Crippen LogP contribution in [0.1, 0.15) is 25.6 Å². The lowest BCUT2D eigenvalue weighted by atomic mass is 10.1. The maximum Gasteiger partial charge on any atom is 0.124 e.